The highest BCUT2D eigenvalue weighted by atomic mass is 32.2. The molecule has 2 aromatic heterocycles. The average Bonchev–Trinajstić information content (AvgIpc) is 3.10. The highest BCUT2D eigenvalue weighted by Gasteiger charge is 2.35. The minimum absolute atomic E-state index is 0.119. The molecule has 0 unspecified atom stereocenters. The van der Waals surface area contributed by atoms with Gasteiger partial charge in [0.1, 0.15) is 5.69 Å². The lowest BCUT2D eigenvalue weighted by molar-refractivity contribution is 0.0877. The fourth-order valence-electron chi connectivity index (χ4n) is 1.97. The van der Waals surface area contributed by atoms with Crippen molar-refractivity contribution in [1.29, 1.82) is 0 Å². The number of terminal acetylenes is 1. The van der Waals surface area contributed by atoms with Gasteiger partial charge >= 0.3 is 0 Å². The number of sulfonamides is 1. The van der Waals surface area contributed by atoms with Gasteiger partial charge in [-0.05, 0) is 32.2 Å². The third-order valence-corrected chi connectivity index (χ3v) is 7.10. The Kier molecular flexibility index (Phi) is 5.19. The SMILES string of the molecule is C#CCN(C(=O)c1ccc(SC)s1)S(=O)(=O)c1c(C)noc1C. The van der Waals surface area contributed by atoms with E-state index in [2.05, 4.69) is 11.1 Å². The maximum atomic E-state index is 12.8. The van der Waals surface area contributed by atoms with Crippen LogP contribution in [0.5, 0.6) is 0 Å². The molecular weight excluding hydrogens is 356 g/mol. The molecule has 0 radical (unpaired) electrons. The molecule has 2 aromatic rings. The monoisotopic (exact) mass is 370 g/mol. The first-order valence-electron chi connectivity index (χ1n) is 6.40. The summed E-state index contributed by atoms with van der Waals surface area (Å²) in [4.78, 5) is 12.8. The number of hydrogen-bond donors (Lipinski definition) is 0. The van der Waals surface area contributed by atoms with Crippen LogP contribution in [0.2, 0.25) is 0 Å². The van der Waals surface area contributed by atoms with Crippen LogP contribution in [-0.4, -0.2) is 36.6 Å². The van der Waals surface area contributed by atoms with Crippen LogP contribution >= 0.6 is 23.1 Å². The zero-order valence-electron chi connectivity index (χ0n) is 12.7. The topological polar surface area (TPSA) is 80.5 Å². The fraction of sp³-hybridized carbons (Fsp3) is 0.286. The Balaban J connectivity index is 2.50. The molecule has 0 aliphatic rings. The van der Waals surface area contributed by atoms with Crippen molar-refractivity contribution in [1.82, 2.24) is 9.46 Å². The molecule has 0 saturated carbocycles. The summed E-state index contributed by atoms with van der Waals surface area (Å²) in [5, 5.41) is 3.63. The van der Waals surface area contributed by atoms with Crippen LogP contribution in [0.1, 0.15) is 21.1 Å². The zero-order valence-corrected chi connectivity index (χ0v) is 15.1. The van der Waals surface area contributed by atoms with E-state index in [0.717, 1.165) is 4.21 Å². The first kappa shape index (κ1) is 17.6. The van der Waals surface area contributed by atoms with Gasteiger partial charge in [-0.15, -0.1) is 29.5 Å². The summed E-state index contributed by atoms with van der Waals surface area (Å²) in [6.45, 7) is 2.61. The first-order chi connectivity index (χ1) is 10.8. The van der Waals surface area contributed by atoms with Crippen LogP contribution in [0.3, 0.4) is 0 Å². The van der Waals surface area contributed by atoms with Crippen LogP contribution in [0.4, 0.5) is 0 Å². The van der Waals surface area contributed by atoms with Crippen LogP contribution in [0.25, 0.3) is 0 Å². The number of thioether (sulfide) groups is 1. The van der Waals surface area contributed by atoms with E-state index in [1.54, 1.807) is 12.1 Å². The molecule has 0 fully saturated rings. The normalized spacial score (nSPS) is 11.2. The van der Waals surface area contributed by atoms with Crippen LogP contribution in [0, 0.1) is 26.2 Å². The quantitative estimate of drug-likeness (QED) is 0.594. The zero-order chi connectivity index (χ0) is 17.2. The highest BCUT2D eigenvalue weighted by molar-refractivity contribution is 8.00. The van der Waals surface area contributed by atoms with Gasteiger partial charge in [-0.2, -0.15) is 0 Å². The van der Waals surface area contributed by atoms with Crippen molar-refractivity contribution in [2.75, 3.05) is 12.8 Å². The molecule has 0 aliphatic heterocycles. The van der Waals surface area contributed by atoms with E-state index in [1.807, 2.05) is 6.26 Å². The number of aromatic nitrogens is 1. The molecule has 0 N–H and O–H groups in total. The van der Waals surface area contributed by atoms with E-state index >= 15 is 0 Å². The Hall–Kier alpha value is -1.76. The van der Waals surface area contributed by atoms with Gasteiger partial charge in [-0.25, -0.2) is 12.7 Å². The highest BCUT2D eigenvalue weighted by Crippen LogP contribution is 2.29. The molecule has 0 bridgehead atoms. The van der Waals surface area contributed by atoms with Gasteiger partial charge < -0.3 is 4.52 Å². The number of carbonyl (C=O) groups excluding carboxylic acids is 1. The average molecular weight is 370 g/mol. The summed E-state index contributed by atoms with van der Waals surface area (Å²) < 4.78 is 32.1. The second-order valence-corrected chi connectivity index (χ2v) is 8.49. The minimum atomic E-state index is -4.14. The van der Waals surface area contributed by atoms with Crippen molar-refractivity contribution in [2.24, 2.45) is 0 Å². The summed E-state index contributed by atoms with van der Waals surface area (Å²) in [5.41, 5.74) is 0.188. The van der Waals surface area contributed by atoms with Crippen molar-refractivity contribution < 1.29 is 17.7 Å². The molecule has 0 atom stereocenters. The summed E-state index contributed by atoms with van der Waals surface area (Å²) in [6, 6.07) is 3.35. The summed E-state index contributed by atoms with van der Waals surface area (Å²) in [6.07, 6.45) is 7.13. The van der Waals surface area contributed by atoms with Crippen molar-refractivity contribution >= 4 is 39.0 Å². The van der Waals surface area contributed by atoms with E-state index in [-0.39, 0.29) is 22.9 Å². The second-order valence-electron chi connectivity index (χ2n) is 4.50. The molecule has 0 aliphatic carbocycles. The number of hydrogen-bond acceptors (Lipinski definition) is 7. The second kappa shape index (κ2) is 6.78. The van der Waals surface area contributed by atoms with Gasteiger partial charge in [-0.1, -0.05) is 11.1 Å². The van der Waals surface area contributed by atoms with E-state index in [4.69, 9.17) is 10.9 Å². The van der Waals surface area contributed by atoms with E-state index in [1.165, 1.54) is 36.9 Å². The summed E-state index contributed by atoms with van der Waals surface area (Å²) in [7, 11) is -4.14. The lowest BCUT2D eigenvalue weighted by Crippen LogP contribution is -2.37. The molecule has 1 amide bonds. The van der Waals surface area contributed by atoms with E-state index in [0.29, 0.717) is 9.18 Å². The summed E-state index contributed by atoms with van der Waals surface area (Å²) >= 11 is 2.69. The molecular formula is C14H14N2O4S3. The van der Waals surface area contributed by atoms with Crippen molar-refractivity contribution in [3.05, 3.63) is 28.5 Å². The van der Waals surface area contributed by atoms with Crippen molar-refractivity contribution in [2.45, 2.75) is 23.0 Å². The number of nitrogens with zero attached hydrogens (tertiary/aromatic N) is 2. The number of thiophene rings is 1. The van der Waals surface area contributed by atoms with Gasteiger partial charge in [0.2, 0.25) is 0 Å². The third-order valence-electron chi connectivity index (χ3n) is 2.97. The molecule has 9 heteroatoms. The minimum Gasteiger partial charge on any atom is -0.360 e. The Labute approximate surface area is 142 Å². The molecule has 122 valence electrons. The third kappa shape index (κ3) is 3.29. The summed E-state index contributed by atoms with van der Waals surface area (Å²) in [5.74, 6) is 1.68. The van der Waals surface area contributed by atoms with Gasteiger partial charge in [0.15, 0.2) is 10.7 Å². The molecule has 2 rings (SSSR count). The maximum Gasteiger partial charge on any atom is 0.278 e. The smallest absolute Gasteiger partial charge is 0.278 e. The van der Waals surface area contributed by atoms with Gasteiger partial charge in [0, 0.05) is 0 Å². The van der Waals surface area contributed by atoms with E-state index < -0.39 is 15.9 Å². The predicted octanol–water partition coefficient (Wildman–Crippen LogP) is 2.54. The molecule has 23 heavy (non-hydrogen) atoms. The van der Waals surface area contributed by atoms with Gasteiger partial charge in [0.05, 0.1) is 15.6 Å². The Morgan fingerprint density at radius 3 is 2.65 bits per heavy atom. The Morgan fingerprint density at radius 1 is 1.48 bits per heavy atom. The largest absolute Gasteiger partial charge is 0.360 e. The van der Waals surface area contributed by atoms with Crippen molar-refractivity contribution in [3.8, 4) is 12.3 Å². The lowest BCUT2D eigenvalue weighted by atomic mass is 10.4. The fourth-order valence-corrected chi connectivity index (χ4v) is 5.11. The van der Waals surface area contributed by atoms with Crippen LogP contribution in [0.15, 0.2) is 25.8 Å². The Morgan fingerprint density at radius 2 is 2.17 bits per heavy atom. The number of aryl methyl sites for hydroxylation is 2. The molecule has 0 spiro atoms. The number of amides is 1. The maximum absolute atomic E-state index is 12.8. The van der Waals surface area contributed by atoms with Gasteiger partial charge in [-0.3, -0.25) is 4.79 Å². The van der Waals surface area contributed by atoms with Crippen LogP contribution < -0.4 is 0 Å². The number of rotatable bonds is 5. The first-order valence-corrected chi connectivity index (χ1v) is 9.88. The standard InChI is InChI=1S/C14H14N2O4S3/c1-5-8-16(14(17)11-6-7-12(21-4)22-11)23(18,19)13-9(2)15-20-10(13)3/h1,6-7H,8H2,2-4H3. The Bertz CT molecular complexity index is 855. The van der Waals surface area contributed by atoms with E-state index in [9.17, 15) is 13.2 Å². The molecule has 0 aromatic carbocycles. The predicted molar refractivity (Wildman–Crippen MR) is 89.1 cm³/mol. The molecule has 2 heterocycles. The number of carbonyl (C=O) groups is 1. The van der Waals surface area contributed by atoms with Crippen molar-refractivity contribution in [3.63, 3.8) is 0 Å². The molecule has 6 nitrogen and oxygen atoms in total. The lowest BCUT2D eigenvalue weighted by Gasteiger charge is -2.19. The molecule has 0 saturated heterocycles. The van der Waals surface area contributed by atoms with Crippen LogP contribution in [-0.2, 0) is 10.0 Å². The van der Waals surface area contributed by atoms with Gasteiger partial charge in [0.25, 0.3) is 15.9 Å².